The van der Waals surface area contributed by atoms with E-state index < -0.39 is 0 Å². The highest BCUT2D eigenvalue weighted by Crippen LogP contribution is 2.25. The van der Waals surface area contributed by atoms with Crippen LogP contribution in [0.4, 0.5) is 0 Å². The summed E-state index contributed by atoms with van der Waals surface area (Å²) in [7, 11) is 2.16. The molecule has 0 amide bonds. The zero-order valence-corrected chi connectivity index (χ0v) is 21.6. The molecule has 4 heterocycles. The van der Waals surface area contributed by atoms with Crippen molar-refractivity contribution in [2.45, 2.75) is 25.8 Å². The molecule has 1 aliphatic rings. The molecule has 1 aromatic carbocycles. The van der Waals surface area contributed by atoms with Crippen LogP contribution in [0.3, 0.4) is 0 Å². The van der Waals surface area contributed by atoms with Crippen molar-refractivity contribution in [2.75, 3.05) is 26.7 Å². The predicted octanol–water partition coefficient (Wildman–Crippen LogP) is 4.57. The first-order chi connectivity index (χ1) is 18.5. The van der Waals surface area contributed by atoms with Gasteiger partial charge in [0.1, 0.15) is 0 Å². The fraction of sp³-hybridized carbons (Fsp3) is 0.300. The minimum atomic E-state index is -0.237. The second kappa shape index (κ2) is 11.4. The lowest BCUT2D eigenvalue weighted by Gasteiger charge is -2.28. The van der Waals surface area contributed by atoms with Gasteiger partial charge in [-0.15, -0.1) is 0 Å². The number of benzene rings is 1. The summed E-state index contributed by atoms with van der Waals surface area (Å²) < 4.78 is 7.64. The number of likely N-dealkylation sites (tertiary alicyclic amines) is 1. The summed E-state index contributed by atoms with van der Waals surface area (Å²) in [5.74, 6) is 1.84. The Morgan fingerprint density at radius 3 is 2.61 bits per heavy atom. The number of hydrogen-bond donors (Lipinski definition) is 0. The van der Waals surface area contributed by atoms with Gasteiger partial charge in [0.25, 0.3) is 5.56 Å². The molecule has 0 aliphatic carbocycles. The van der Waals surface area contributed by atoms with Crippen molar-refractivity contribution in [3.63, 3.8) is 0 Å². The second-order valence-corrected chi connectivity index (χ2v) is 9.81. The van der Waals surface area contributed by atoms with Gasteiger partial charge in [0.05, 0.1) is 42.4 Å². The zero-order valence-electron chi connectivity index (χ0n) is 21.6. The highest BCUT2D eigenvalue weighted by Gasteiger charge is 2.17. The topological polar surface area (TPSA) is 96.9 Å². The predicted molar refractivity (Wildman–Crippen MR) is 146 cm³/mol. The van der Waals surface area contributed by atoms with Crippen LogP contribution in [0.2, 0.25) is 0 Å². The smallest absolute Gasteiger partial charge is 0.251 e. The highest BCUT2D eigenvalue weighted by atomic mass is 16.5. The lowest BCUT2D eigenvalue weighted by atomic mass is 9.98. The number of ether oxygens (including phenoxy) is 1. The Morgan fingerprint density at radius 2 is 1.84 bits per heavy atom. The Morgan fingerprint density at radius 1 is 1.05 bits per heavy atom. The first kappa shape index (κ1) is 25.3. The molecule has 1 atom stereocenters. The average Bonchev–Trinajstić information content (AvgIpc) is 2.97. The first-order valence-corrected chi connectivity index (χ1v) is 12.8. The molecule has 8 nitrogen and oxygen atoms in total. The van der Waals surface area contributed by atoms with Crippen LogP contribution in [0.25, 0.3) is 22.6 Å². The molecule has 1 unspecified atom stereocenters. The van der Waals surface area contributed by atoms with Crippen molar-refractivity contribution < 1.29 is 4.74 Å². The maximum atomic E-state index is 12.8. The number of nitrogens with zero attached hydrogens (tertiary/aromatic N) is 6. The highest BCUT2D eigenvalue weighted by molar-refractivity contribution is 5.60. The molecule has 3 aromatic heterocycles. The molecule has 0 N–H and O–H groups in total. The summed E-state index contributed by atoms with van der Waals surface area (Å²) in [5.41, 5.74) is 3.63. The minimum absolute atomic E-state index is 0.120. The number of aromatic nitrogens is 4. The fourth-order valence-corrected chi connectivity index (χ4v) is 4.70. The number of nitriles is 1. The molecule has 192 valence electrons. The van der Waals surface area contributed by atoms with Crippen LogP contribution < -0.4 is 10.3 Å². The van der Waals surface area contributed by atoms with Gasteiger partial charge >= 0.3 is 0 Å². The van der Waals surface area contributed by atoms with Crippen LogP contribution in [0, 0.1) is 17.2 Å². The maximum Gasteiger partial charge on any atom is 0.251 e. The molecule has 4 aromatic rings. The van der Waals surface area contributed by atoms with Crippen LogP contribution in [0.15, 0.2) is 78.1 Å². The lowest BCUT2D eigenvalue weighted by Crippen LogP contribution is -2.32. The van der Waals surface area contributed by atoms with E-state index in [-0.39, 0.29) is 11.6 Å². The molecule has 0 spiro atoms. The van der Waals surface area contributed by atoms with Crippen LogP contribution in [0.5, 0.6) is 5.75 Å². The largest absolute Gasteiger partial charge is 0.490 e. The van der Waals surface area contributed by atoms with E-state index in [9.17, 15) is 10.1 Å². The fourth-order valence-electron chi connectivity index (χ4n) is 4.70. The van der Waals surface area contributed by atoms with Crippen molar-refractivity contribution in [1.29, 1.82) is 5.26 Å². The van der Waals surface area contributed by atoms with Gasteiger partial charge in [-0.25, -0.2) is 9.97 Å². The summed E-state index contributed by atoms with van der Waals surface area (Å²) in [4.78, 5) is 28.6. The van der Waals surface area contributed by atoms with Gasteiger partial charge in [-0.2, -0.15) is 5.26 Å². The molecule has 0 bridgehead atoms. The minimum Gasteiger partial charge on any atom is -0.490 e. The van der Waals surface area contributed by atoms with Crippen LogP contribution in [-0.4, -0.2) is 51.2 Å². The molecule has 1 saturated heterocycles. The lowest BCUT2D eigenvalue weighted by molar-refractivity contribution is 0.159. The van der Waals surface area contributed by atoms with Gasteiger partial charge in [0, 0.05) is 29.6 Å². The number of hydrogen-bond acceptors (Lipinski definition) is 7. The van der Waals surface area contributed by atoms with E-state index in [1.165, 1.54) is 6.07 Å². The van der Waals surface area contributed by atoms with Crippen molar-refractivity contribution in [2.24, 2.45) is 5.92 Å². The van der Waals surface area contributed by atoms with E-state index in [0.717, 1.165) is 42.6 Å². The third-order valence-electron chi connectivity index (χ3n) is 7.12. The molecule has 8 heteroatoms. The summed E-state index contributed by atoms with van der Waals surface area (Å²) in [5, 5.41) is 9.22. The Hall–Kier alpha value is -4.35. The Balaban J connectivity index is 1.32. The molecule has 0 saturated carbocycles. The molecular formula is C30H30N6O2. The van der Waals surface area contributed by atoms with Crippen molar-refractivity contribution in [3.8, 4) is 34.5 Å². The molecular weight excluding hydrogens is 476 g/mol. The average molecular weight is 507 g/mol. The Bertz CT molecular complexity index is 1500. The van der Waals surface area contributed by atoms with E-state index in [1.54, 1.807) is 47.6 Å². The van der Waals surface area contributed by atoms with Gasteiger partial charge < -0.3 is 14.2 Å². The number of piperidine rings is 1. The van der Waals surface area contributed by atoms with Crippen molar-refractivity contribution in [3.05, 3.63) is 94.8 Å². The number of pyridine rings is 2. The van der Waals surface area contributed by atoms with Crippen LogP contribution in [-0.2, 0) is 0 Å². The van der Waals surface area contributed by atoms with E-state index in [4.69, 9.17) is 4.74 Å². The Labute approximate surface area is 222 Å². The third kappa shape index (κ3) is 5.79. The van der Waals surface area contributed by atoms with Crippen LogP contribution in [0.1, 0.15) is 36.9 Å². The normalized spacial score (nSPS) is 15.1. The summed E-state index contributed by atoms with van der Waals surface area (Å²) in [6.07, 6.45) is 9.13. The van der Waals surface area contributed by atoms with Gasteiger partial charge in [-0.3, -0.25) is 9.78 Å². The standard InChI is InChI=1S/C30H30N6O2/c1-21(36-19-26(6-7-29(36)37)28-14-23(16-31)8-11-32-28)24-4-3-5-25(15-24)30-33-17-27(18-34-30)38-20-22-9-12-35(2)13-10-22/h3-8,11,14-15,17-19,21-22H,9-10,12-13,20H2,1-2H3. The summed E-state index contributed by atoms with van der Waals surface area (Å²) in [6, 6.07) is 16.4. The summed E-state index contributed by atoms with van der Waals surface area (Å²) in [6.45, 7) is 4.89. The van der Waals surface area contributed by atoms with E-state index in [0.29, 0.717) is 35.4 Å². The third-order valence-corrected chi connectivity index (χ3v) is 7.12. The number of rotatable bonds is 7. The van der Waals surface area contributed by atoms with Crippen molar-refractivity contribution >= 4 is 0 Å². The van der Waals surface area contributed by atoms with Crippen molar-refractivity contribution in [1.82, 2.24) is 24.4 Å². The van der Waals surface area contributed by atoms with Gasteiger partial charge in [0.2, 0.25) is 0 Å². The monoisotopic (exact) mass is 506 g/mol. The zero-order chi connectivity index (χ0) is 26.5. The SMILES string of the molecule is CC(c1cccc(-c2ncc(OCC3CCN(C)CC3)cn2)c1)n1cc(-c2cc(C#N)ccn2)ccc1=O. The summed E-state index contributed by atoms with van der Waals surface area (Å²) >= 11 is 0. The van der Waals surface area contributed by atoms with Gasteiger partial charge in [0.15, 0.2) is 11.6 Å². The molecule has 38 heavy (non-hydrogen) atoms. The van der Waals surface area contributed by atoms with Crippen LogP contribution >= 0.6 is 0 Å². The van der Waals surface area contributed by atoms with E-state index in [1.807, 2.05) is 31.2 Å². The molecule has 5 rings (SSSR count). The molecule has 1 aliphatic heterocycles. The van der Waals surface area contributed by atoms with E-state index >= 15 is 0 Å². The van der Waals surface area contributed by atoms with Gasteiger partial charge in [-0.05, 0) is 75.6 Å². The Kier molecular flexibility index (Phi) is 7.57. The first-order valence-electron chi connectivity index (χ1n) is 12.8. The maximum absolute atomic E-state index is 12.8. The van der Waals surface area contributed by atoms with E-state index in [2.05, 4.69) is 33.0 Å². The van der Waals surface area contributed by atoms with Gasteiger partial charge in [-0.1, -0.05) is 18.2 Å². The molecule has 0 radical (unpaired) electrons. The second-order valence-electron chi connectivity index (χ2n) is 9.81. The quantitative estimate of drug-likeness (QED) is 0.362. The molecule has 1 fully saturated rings.